The van der Waals surface area contributed by atoms with Gasteiger partial charge in [0.25, 0.3) is 0 Å². The average Bonchev–Trinajstić information content (AvgIpc) is 3.32. The zero-order chi connectivity index (χ0) is 23.2. The molecule has 1 aliphatic heterocycles. The Bertz CT molecular complexity index is 1220. The molecule has 1 amide bonds. The minimum Gasteiger partial charge on any atom is -0.444 e. The number of benzene rings is 3. The summed E-state index contributed by atoms with van der Waals surface area (Å²) in [4.78, 5) is 17.0. The number of fused-ring (bicyclic) bond motifs is 1. The molecule has 0 radical (unpaired) electrons. The lowest BCUT2D eigenvalue weighted by Gasteiger charge is -2.35. The summed E-state index contributed by atoms with van der Waals surface area (Å²) in [6.07, 6.45) is 0.542. The van der Waals surface area contributed by atoms with E-state index in [1.165, 1.54) is 15.6 Å². The molecule has 0 saturated carbocycles. The normalized spacial score (nSPS) is 14.3. The molecule has 34 heavy (non-hydrogen) atoms. The molecule has 1 aliphatic rings. The molecule has 1 aromatic heterocycles. The Morgan fingerprint density at radius 1 is 0.882 bits per heavy atom. The second-order valence-electron chi connectivity index (χ2n) is 8.46. The van der Waals surface area contributed by atoms with Crippen molar-refractivity contribution >= 4 is 39.2 Å². The maximum absolute atomic E-state index is 12.0. The SMILES string of the molecule is O=C(Nc1ccc(CCN2CCN(c3nsc4ccccc34)CC2)cc1)OCc1ccccc1. The van der Waals surface area contributed by atoms with Gasteiger partial charge < -0.3 is 9.64 Å². The Morgan fingerprint density at radius 3 is 2.41 bits per heavy atom. The molecular formula is C27H28N4O2S. The monoisotopic (exact) mass is 472 g/mol. The molecule has 3 aromatic carbocycles. The van der Waals surface area contributed by atoms with Crippen LogP contribution in [0.25, 0.3) is 10.1 Å². The van der Waals surface area contributed by atoms with Crippen LogP contribution in [-0.4, -0.2) is 48.1 Å². The maximum atomic E-state index is 12.0. The molecule has 1 N–H and O–H groups in total. The van der Waals surface area contributed by atoms with Crippen molar-refractivity contribution in [2.24, 2.45) is 0 Å². The lowest BCUT2D eigenvalue weighted by atomic mass is 10.1. The predicted molar refractivity (Wildman–Crippen MR) is 139 cm³/mol. The number of piperazine rings is 1. The van der Waals surface area contributed by atoms with E-state index >= 15 is 0 Å². The highest BCUT2D eigenvalue weighted by molar-refractivity contribution is 7.13. The molecule has 0 bridgehead atoms. The number of hydrogen-bond acceptors (Lipinski definition) is 6. The molecule has 2 heterocycles. The van der Waals surface area contributed by atoms with Crippen molar-refractivity contribution in [1.29, 1.82) is 0 Å². The number of carbonyl (C=O) groups is 1. The third kappa shape index (κ3) is 5.55. The predicted octanol–water partition coefficient (Wildman–Crippen LogP) is 5.41. The highest BCUT2D eigenvalue weighted by atomic mass is 32.1. The number of hydrogen-bond donors (Lipinski definition) is 1. The van der Waals surface area contributed by atoms with Crippen LogP contribution in [0.4, 0.5) is 16.3 Å². The quantitative estimate of drug-likeness (QED) is 0.390. The van der Waals surface area contributed by atoms with Crippen LogP contribution in [0.15, 0.2) is 78.9 Å². The molecule has 174 valence electrons. The van der Waals surface area contributed by atoms with Gasteiger partial charge >= 0.3 is 6.09 Å². The van der Waals surface area contributed by atoms with Crippen molar-refractivity contribution in [3.63, 3.8) is 0 Å². The van der Waals surface area contributed by atoms with Gasteiger partial charge in [0.1, 0.15) is 12.4 Å². The van der Waals surface area contributed by atoms with Gasteiger partial charge in [0.15, 0.2) is 0 Å². The fraction of sp³-hybridized carbons (Fsp3) is 0.259. The number of aromatic nitrogens is 1. The van der Waals surface area contributed by atoms with Crippen LogP contribution >= 0.6 is 11.5 Å². The number of nitrogens with zero attached hydrogens (tertiary/aromatic N) is 3. The first kappa shape index (κ1) is 22.4. The first-order valence-corrected chi connectivity index (χ1v) is 12.4. The number of amides is 1. The molecule has 4 aromatic rings. The van der Waals surface area contributed by atoms with E-state index in [9.17, 15) is 4.79 Å². The highest BCUT2D eigenvalue weighted by Gasteiger charge is 2.20. The summed E-state index contributed by atoms with van der Waals surface area (Å²) in [5, 5.41) is 4.06. The Labute approximate surface area is 203 Å². The van der Waals surface area contributed by atoms with Crippen molar-refractivity contribution in [2.45, 2.75) is 13.0 Å². The second-order valence-corrected chi connectivity index (χ2v) is 9.27. The van der Waals surface area contributed by atoms with E-state index in [4.69, 9.17) is 9.11 Å². The van der Waals surface area contributed by atoms with Crippen LogP contribution in [0.2, 0.25) is 0 Å². The van der Waals surface area contributed by atoms with E-state index < -0.39 is 6.09 Å². The van der Waals surface area contributed by atoms with E-state index in [1.54, 1.807) is 11.5 Å². The Kier molecular flexibility index (Phi) is 7.02. The molecule has 5 rings (SSSR count). The zero-order valence-corrected chi connectivity index (χ0v) is 19.8. The molecule has 1 fully saturated rings. The van der Waals surface area contributed by atoms with E-state index in [0.29, 0.717) is 0 Å². The van der Waals surface area contributed by atoms with Gasteiger partial charge in [0, 0.05) is 43.8 Å². The zero-order valence-electron chi connectivity index (χ0n) is 19.0. The van der Waals surface area contributed by atoms with Crippen molar-refractivity contribution < 1.29 is 9.53 Å². The number of anilines is 2. The first-order chi connectivity index (χ1) is 16.7. The second kappa shape index (κ2) is 10.7. The van der Waals surface area contributed by atoms with Crippen LogP contribution in [0.3, 0.4) is 0 Å². The summed E-state index contributed by atoms with van der Waals surface area (Å²) >= 11 is 1.58. The summed E-state index contributed by atoms with van der Waals surface area (Å²) in [6.45, 7) is 5.37. The number of rotatable bonds is 7. The van der Waals surface area contributed by atoms with Gasteiger partial charge in [-0.1, -0.05) is 54.6 Å². The first-order valence-electron chi connectivity index (χ1n) is 11.6. The highest BCUT2D eigenvalue weighted by Crippen LogP contribution is 2.29. The summed E-state index contributed by atoms with van der Waals surface area (Å²) in [5.74, 6) is 1.13. The molecule has 0 aliphatic carbocycles. The third-order valence-corrected chi connectivity index (χ3v) is 6.98. The van der Waals surface area contributed by atoms with E-state index in [-0.39, 0.29) is 6.61 Å². The lowest BCUT2D eigenvalue weighted by molar-refractivity contribution is 0.155. The molecular weight excluding hydrogens is 444 g/mol. The van der Waals surface area contributed by atoms with Crippen LogP contribution < -0.4 is 10.2 Å². The molecule has 7 heteroatoms. The standard InChI is InChI=1S/C27H28N4O2S/c32-27(33-20-22-6-2-1-3-7-22)28-23-12-10-21(11-13-23)14-15-30-16-18-31(19-17-30)26-24-8-4-5-9-25(24)34-29-26/h1-13H,14-20H2,(H,28,32). The Hall–Kier alpha value is -3.42. The number of carbonyl (C=O) groups excluding carboxylic acids is 1. The lowest BCUT2D eigenvalue weighted by Crippen LogP contribution is -2.47. The van der Waals surface area contributed by atoms with Crippen LogP contribution in [0, 0.1) is 0 Å². The summed E-state index contributed by atoms with van der Waals surface area (Å²) in [5.41, 5.74) is 2.97. The fourth-order valence-electron chi connectivity index (χ4n) is 4.20. The van der Waals surface area contributed by atoms with Crippen molar-refractivity contribution in [3.8, 4) is 0 Å². The number of nitrogens with one attached hydrogen (secondary N) is 1. The van der Waals surface area contributed by atoms with Gasteiger partial charge in [0.2, 0.25) is 0 Å². The molecule has 0 spiro atoms. The van der Waals surface area contributed by atoms with Crippen molar-refractivity contribution in [3.05, 3.63) is 90.0 Å². The summed E-state index contributed by atoms with van der Waals surface area (Å²) < 4.78 is 11.2. The van der Waals surface area contributed by atoms with Crippen LogP contribution in [-0.2, 0) is 17.8 Å². The Balaban J connectivity index is 1.05. The summed E-state index contributed by atoms with van der Waals surface area (Å²) in [7, 11) is 0. The fourth-order valence-corrected chi connectivity index (χ4v) is 5.00. The smallest absolute Gasteiger partial charge is 0.411 e. The van der Waals surface area contributed by atoms with Gasteiger partial charge in [0.05, 0.1) is 4.70 Å². The Morgan fingerprint density at radius 2 is 1.62 bits per heavy atom. The molecule has 0 atom stereocenters. The molecule has 0 unspecified atom stereocenters. The number of ether oxygens (including phenoxy) is 1. The van der Waals surface area contributed by atoms with Gasteiger partial charge in [-0.25, -0.2) is 4.79 Å². The minimum absolute atomic E-state index is 0.261. The van der Waals surface area contributed by atoms with Crippen molar-refractivity contribution in [2.75, 3.05) is 42.9 Å². The minimum atomic E-state index is -0.442. The van der Waals surface area contributed by atoms with Crippen LogP contribution in [0.1, 0.15) is 11.1 Å². The summed E-state index contributed by atoms with van der Waals surface area (Å²) in [6, 6.07) is 26.2. The van der Waals surface area contributed by atoms with Gasteiger partial charge in [-0.2, -0.15) is 4.37 Å². The van der Waals surface area contributed by atoms with E-state index in [0.717, 1.165) is 56.2 Å². The largest absolute Gasteiger partial charge is 0.444 e. The maximum Gasteiger partial charge on any atom is 0.411 e. The molecule has 6 nitrogen and oxygen atoms in total. The molecule has 1 saturated heterocycles. The topological polar surface area (TPSA) is 57.7 Å². The van der Waals surface area contributed by atoms with Gasteiger partial charge in [-0.3, -0.25) is 10.2 Å². The van der Waals surface area contributed by atoms with Crippen LogP contribution in [0.5, 0.6) is 0 Å². The van der Waals surface area contributed by atoms with Gasteiger partial charge in [-0.15, -0.1) is 0 Å². The average molecular weight is 473 g/mol. The third-order valence-electron chi connectivity index (χ3n) is 6.16. The van der Waals surface area contributed by atoms with Gasteiger partial charge in [-0.05, 0) is 53.3 Å². The van der Waals surface area contributed by atoms with E-state index in [2.05, 4.69) is 51.5 Å². The van der Waals surface area contributed by atoms with Crippen molar-refractivity contribution in [1.82, 2.24) is 9.27 Å². The van der Waals surface area contributed by atoms with E-state index in [1.807, 2.05) is 42.5 Å².